The fourth-order valence-electron chi connectivity index (χ4n) is 3.52. The molecule has 0 heterocycles. The number of nitrogens with two attached hydrogens (primary N) is 1. The molecule has 0 saturated heterocycles. The molecule has 1 aliphatic rings. The van der Waals surface area contributed by atoms with Crippen LogP contribution in [0.4, 0.5) is 0 Å². The second kappa shape index (κ2) is 7.82. The van der Waals surface area contributed by atoms with E-state index in [2.05, 4.69) is 24.3 Å². The van der Waals surface area contributed by atoms with Gasteiger partial charge in [0.1, 0.15) is 5.75 Å². The largest absolute Gasteiger partial charge is 0.494 e. The number of ether oxygens (including phenoxy) is 1. The van der Waals surface area contributed by atoms with E-state index in [1.807, 2.05) is 30.3 Å². The number of aryl methyl sites for hydroxylation is 1. The molecule has 0 spiro atoms. The molecular weight excluding hydrogens is 298 g/mol. The van der Waals surface area contributed by atoms with Gasteiger partial charge in [-0.25, -0.2) is 0 Å². The van der Waals surface area contributed by atoms with E-state index in [4.69, 9.17) is 10.5 Å². The van der Waals surface area contributed by atoms with Crippen molar-refractivity contribution in [1.29, 1.82) is 0 Å². The monoisotopic (exact) mass is 325 g/mol. The van der Waals surface area contributed by atoms with Crippen molar-refractivity contribution < 1.29 is 9.84 Å². The summed E-state index contributed by atoms with van der Waals surface area (Å²) in [7, 11) is 0. The van der Waals surface area contributed by atoms with Crippen LogP contribution in [0.5, 0.6) is 5.75 Å². The quantitative estimate of drug-likeness (QED) is 0.764. The van der Waals surface area contributed by atoms with Crippen LogP contribution in [-0.2, 0) is 6.42 Å². The van der Waals surface area contributed by atoms with Crippen LogP contribution >= 0.6 is 0 Å². The van der Waals surface area contributed by atoms with Gasteiger partial charge in [-0.15, -0.1) is 0 Å². The third kappa shape index (κ3) is 4.37. The molecule has 1 aliphatic carbocycles. The van der Waals surface area contributed by atoms with Crippen molar-refractivity contribution in [2.75, 3.05) is 13.2 Å². The van der Waals surface area contributed by atoms with E-state index >= 15 is 0 Å². The molecule has 1 saturated carbocycles. The van der Waals surface area contributed by atoms with Crippen LogP contribution in [0.1, 0.15) is 42.7 Å². The maximum absolute atomic E-state index is 9.40. The van der Waals surface area contributed by atoms with Gasteiger partial charge in [0, 0.05) is 5.54 Å². The van der Waals surface area contributed by atoms with E-state index in [0.29, 0.717) is 5.92 Å². The molecule has 3 rings (SSSR count). The summed E-state index contributed by atoms with van der Waals surface area (Å²) in [5.74, 6) is 1.42. The van der Waals surface area contributed by atoms with E-state index in [9.17, 15) is 5.11 Å². The molecule has 2 aromatic rings. The van der Waals surface area contributed by atoms with Gasteiger partial charge in [-0.05, 0) is 61.3 Å². The summed E-state index contributed by atoms with van der Waals surface area (Å²) in [5.41, 5.74) is 8.49. The van der Waals surface area contributed by atoms with E-state index in [-0.39, 0.29) is 12.1 Å². The zero-order chi connectivity index (χ0) is 16.8. The minimum atomic E-state index is -0.377. The topological polar surface area (TPSA) is 55.5 Å². The normalized spacial score (nSPS) is 23.3. The minimum Gasteiger partial charge on any atom is -0.494 e. The molecule has 0 bridgehead atoms. The lowest BCUT2D eigenvalue weighted by molar-refractivity contribution is 0.198. The number of benzene rings is 2. The van der Waals surface area contributed by atoms with Crippen LogP contribution in [0.15, 0.2) is 54.6 Å². The molecule has 3 N–H and O–H groups in total. The first kappa shape index (κ1) is 17.0. The summed E-state index contributed by atoms with van der Waals surface area (Å²) in [6.07, 6.45) is 4.89. The average Bonchev–Trinajstić information content (AvgIpc) is 3.03. The average molecular weight is 325 g/mol. The zero-order valence-corrected chi connectivity index (χ0v) is 14.2. The van der Waals surface area contributed by atoms with E-state index < -0.39 is 0 Å². The highest BCUT2D eigenvalue weighted by Crippen LogP contribution is 2.39. The molecule has 2 atom stereocenters. The summed E-state index contributed by atoms with van der Waals surface area (Å²) < 4.78 is 5.73. The number of hydrogen-bond donors (Lipinski definition) is 2. The lowest BCUT2D eigenvalue weighted by Crippen LogP contribution is -2.40. The van der Waals surface area contributed by atoms with Crippen LogP contribution in [0.3, 0.4) is 0 Å². The molecule has 0 aliphatic heterocycles. The Hall–Kier alpha value is -1.84. The lowest BCUT2D eigenvalue weighted by atomic mass is 9.93. The van der Waals surface area contributed by atoms with Crippen molar-refractivity contribution in [2.24, 2.45) is 5.73 Å². The Morgan fingerprint density at radius 1 is 1.08 bits per heavy atom. The number of rotatable bonds is 7. The van der Waals surface area contributed by atoms with E-state index in [0.717, 1.165) is 44.5 Å². The van der Waals surface area contributed by atoms with Crippen molar-refractivity contribution >= 4 is 0 Å². The number of aliphatic hydroxyl groups excluding tert-OH is 1. The first-order valence-electron chi connectivity index (χ1n) is 8.85. The zero-order valence-electron chi connectivity index (χ0n) is 14.2. The van der Waals surface area contributed by atoms with Gasteiger partial charge in [0.2, 0.25) is 0 Å². The van der Waals surface area contributed by atoms with Gasteiger partial charge in [0.05, 0.1) is 13.2 Å². The maximum atomic E-state index is 9.40. The molecule has 128 valence electrons. The summed E-state index contributed by atoms with van der Waals surface area (Å²) in [4.78, 5) is 0. The van der Waals surface area contributed by atoms with Gasteiger partial charge < -0.3 is 15.6 Å². The molecule has 0 aromatic heterocycles. The lowest BCUT2D eigenvalue weighted by Gasteiger charge is -2.21. The summed E-state index contributed by atoms with van der Waals surface area (Å²) in [6.45, 7) is 0.823. The number of para-hydroxylation sites is 1. The van der Waals surface area contributed by atoms with E-state index in [1.165, 1.54) is 11.1 Å². The SMILES string of the molecule is N[C@@]1(CO)CC[C@H](c2ccc(CCCOc3ccccc3)cc2)C1. The third-order valence-corrected chi connectivity index (χ3v) is 5.03. The van der Waals surface area contributed by atoms with Crippen molar-refractivity contribution in [3.63, 3.8) is 0 Å². The van der Waals surface area contributed by atoms with Crippen molar-refractivity contribution in [3.8, 4) is 5.75 Å². The summed E-state index contributed by atoms with van der Waals surface area (Å²) in [5, 5.41) is 9.40. The highest BCUT2D eigenvalue weighted by molar-refractivity contribution is 5.27. The van der Waals surface area contributed by atoms with Crippen molar-refractivity contribution in [1.82, 2.24) is 0 Å². The summed E-state index contributed by atoms with van der Waals surface area (Å²) in [6, 6.07) is 18.8. The van der Waals surface area contributed by atoms with Crippen molar-refractivity contribution in [2.45, 2.75) is 43.6 Å². The fraction of sp³-hybridized carbons (Fsp3) is 0.429. The molecule has 3 nitrogen and oxygen atoms in total. The number of hydrogen-bond acceptors (Lipinski definition) is 3. The molecule has 2 aromatic carbocycles. The van der Waals surface area contributed by atoms with Gasteiger partial charge in [-0.1, -0.05) is 42.5 Å². The Labute approximate surface area is 144 Å². The van der Waals surface area contributed by atoms with Gasteiger partial charge in [0.15, 0.2) is 0 Å². The third-order valence-electron chi connectivity index (χ3n) is 5.03. The molecule has 24 heavy (non-hydrogen) atoms. The minimum absolute atomic E-state index is 0.0863. The second-order valence-corrected chi connectivity index (χ2v) is 6.97. The summed E-state index contributed by atoms with van der Waals surface area (Å²) >= 11 is 0. The van der Waals surface area contributed by atoms with E-state index in [1.54, 1.807) is 0 Å². The van der Waals surface area contributed by atoms with Crippen molar-refractivity contribution in [3.05, 3.63) is 65.7 Å². The van der Waals surface area contributed by atoms with Gasteiger partial charge >= 0.3 is 0 Å². The molecule has 0 amide bonds. The molecule has 1 fully saturated rings. The molecular formula is C21H27NO2. The molecule has 0 unspecified atom stereocenters. The Kier molecular flexibility index (Phi) is 5.54. The molecule has 0 radical (unpaired) electrons. The first-order chi connectivity index (χ1) is 11.7. The second-order valence-electron chi connectivity index (χ2n) is 6.97. The maximum Gasteiger partial charge on any atom is 0.119 e. The predicted molar refractivity (Wildman–Crippen MR) is 97.3 cm³/mol. The Balaban J connectivity index is 1.45. The number of aliphatic hydroxyl groups is 1. The van der Waals surface area contributed by atoms with Crippen LogP contribution in [0.2, 0.25) is 0 Å². The Morgan fingerprint density at radius 2 is 1.83 bits per heavy atom. The fourth-order valence-corrected chi connectivity index (χ4v) is 3.52. The first-order valence-corrected chi connectivity index (χ1v) is 8.85. The van der Waals surface area contributed by atoms with Crippen LogP contribution in [0, 0.1) is 0 Å². The van der Waals surface area contributed by atoms with Crippen LogP contribution in [0.25, 0.3) is 0 Å². The smallest absolute Gasteiger partial charge is 0.119 e. The Bertz CT molecular complexity index is 626. The van der Waals surface area contributed by atoms with Crippen LogP contribution < -0.4 is 10.5 Å². The highest BCUT2D eigenvalue weighted by Gasteiger charge is 2.35. The highest BCUT2D eigenvalue weighted by atomic mass is 16.5. The predicted octanol–water partition coefficient (Wildman–Crippen LogP) is 3.66. The van der Waals surface area contributed by atoms with Gasteiger partial charge in [0.25, 0.3) is 0 Å². The standard InChI is InChI=1S/C21H27NO2/c22-21(16-23)13-12-19(15-21)18-10-8-17(9-11-18)5-4-14-24-20-6-2-1-3-7-20/h1-3,6-11,19,23H,4-5,12-16,22H2/t19-,21-/m0/s1. The van der Waals surface area contributed by atoms with Gasteiger partial charge in [-0.3, -0.25) is 0 Å². The van der Waals surface area contributed by atoms with Gasteiger partial charge in [-0.2, -0.15) is 0 Å². The Morgan fingerprint density at radius 3 is 2.50 bits per heavy atom. The van der Waals surface area contributed by atoms with Crippen LogP contribution in [-0.4, -0.2) is 23.9 Å². The molecule has 3 heteroatoms.